The Balaban J connectivity index is 2.17. The number of nitrogens with one attached hydrogen (secondary N) is 1. The van der Waals surface area contributed by atoms with Crippen LogP contribution >= 0.6 is 0 Å². The zero-order valence-corrected chi connectivity index (χ0v) is 14.4. The van der Waals surface area contributed by atoms with Gasteiger partial charge in [-0.3, -0.25) is 14.9 Å². The van der Waals surface area contributed by atoms with Gasteiger partial charge in [-0.2, -0.15) is 13.2 Å². The van der Waals surface area contributed by atoms with Gasteiger partial charge in [0, 0.05) is 12.1 Å². The molecule has 1 N–H and O–H groups in total. The molecular weight excluding hydrogens is 407 g/mol. The Bertz CT molecular complexity index is 977. The van der Waals surface area contributed by atoms with Crippen molar-refractivity contribution in [3.63, 3.8) is 0 Å². The Kier molecular flexibility index (Phi) is 6.15. The fourth-order valence-corrected chi connectivity index (χ4v) is 2.13. The van der Waals surface area contributed by atoms with E-state index in [1.165, 1.54) is 0 Å². The second-order valence-corrected chi connectivity index (χ2v) is 5.65. The molecular formula is C17H11F5N2O5. The smallest absolute Gasteiger partial charge is 0.418 e. The van der Waals surface area contributed by atoms with Gasteiger partial charge < -0.3 is 10.1 Å². The summed E-state index contributed by atoms with van der Waals surface area (Å²) in [5.74, 6) is -4.95. The van der Waals surface area contributed by atoms with Crippen LogP contribution in [0.1, 0.15) is 22.8 Å². The zero-order valence-electron chi connectivity index (χ0n) is 14.4. The summed E-state index contributed by atoms with van der Waals surface area (Å²) in [6.45, 7) is 1.03. The first kappa shape index (κ1) is 21.7. The quantitative estimate of drug-likeness (QED) is 0.342. The molecule has 2 aromatic rings. The molecule has 0 heterocycles. The highest BCUT2D eigenvalue weighted by Gasteiger charge is 2.36. The van der Waals surface area contributed by atoms with Crippen molar-refractivity contribution in [2.75, 3.05) is 5.32 Å². The van der Waals surface area contributed by atoms with Crippen LogP contribution in [0.25, 0.3) is 0 Å². The Hall–Kier alpha value is -3.57. The first-order chi connectivity index (χ1) is 13.4. The van der Waals surface area contributed by atoms with Crippen LogP contribution in [-0.2, 0) is 15.7 Å². The highest BCUT2D eigenvalue weighted by molar-refractivity contribution is 5.98. The van der Waals surface area contributed by atoms with Crippen molar-refractivity contribution < 1.29 is 41.2 Å². The maximum absolute atomic E-state index is 13.2. The molecule has 1 amide bonds. The molecule has 0 aliphatic heterocycles. The van der Waals surface area contributed by atoms with Crippen LogP contribution in [0.4, 0.5) is 33.3 Å². The number of carbonyl (C=O) groups is 2. The van der Waals surface area contributed by atoms with Crippen molar-refractivity contribution in [2.45, 2.75) is 19.2 Å². The van der Waals surface area contributed by atoms with Gasteiger partial charge in [0.05, 0.1) is 21.7 Å². The van der Waals surface area contributed by atoms with Crippen molar-refractivity contribution in [1.29, 1.82) is 0 Å². The predicted octanol–water partition coefficient (Wildman–Crippen LogP) is 4.08. The summed E-state index contributed by atoms with van der Waals surface area (Å²) in [5.41, 5.74) is -3.52. The van der Waals surface area contributed by atoms with E-state index in [4.69, 9.17) is 4.74 Å². The number of non-ortho nitro benzene ring substituents is 1. The van der Waals surface area contributed by atoms with Crippen LogP contribution in [0.15, 0.2) is 36.4 Å². The topological polar surface area (TPSA) is 98.5 Å². The Morgan fingerprint density at radius 1 is 1.10 bits per heavy atom. The van der Waals surface area contributed by atoms with E-state index in [1.807, 2.05) is 5.32 Å². The van der Waals surface area contributed by atoms with Gasteiger partial charge in [-0.25, -0.2) is 13.6 Å². The number of anilines is 1. The number of nitro benzene ring substituents is 1. The van der Waals surface area contributed by atoms with E-state index < -0.39 is 63.2 Å². The molecule has 12 heteroatoms. The first-order valence-corrected chi connectivity index (χ1v) is 7.72. The number of hydrogen-bond acceptors (Lipinski definition) is 5. The minimum Gasteiger partial charge on any atom is -0.449 e. The maximum Gasteiger partial charge on any atom is 0.418 e. The molecule has 0 spiro atoms. The average Bonchev–Trinajstić information content (AvgIpc) is 2.62. The molecule has 0 aromatic heterocycles. The summed E-state index contributed by atoms with van der Waals surface area (Å²) >= 11 is 0. The molecule has 29 heavy (non-hydrogen) atoms. The lowest BCUT2D eigenvalue weighted by atomic mass is 10.1. The van der Waals surface area contributed by atoms with Gasteiger partial charge in [0.1, 0.15) is 0 Å². The van der Waals surface area contributed by atoms with Gasteiger partial charge in [-0.05, 0) is 31.2 Å². The van der Waals surface area contributed by atoms with Crippen LogP contribution in [0, 0.1) is 21.7 Å². The number of rotatable bonds is 5. The highest BCUT2D eigenvalue weighted by atomic mass is 19.4. The summed E-state index contributed by atoms with van der Waals surface area (Å²) in [7, 11) is 0. The molecule has 0 fully saturated rings. The highest BCUT2D eigenvalue weighted by Crippen LogP contribution is 2.37. The van der Waals surface area contributed by atoms with Crippen molar-refractivity contribution in [2.24, 2.45) is 0 Å². The van der Waals surface area contributed by atoms with Gasteiger partial charge in [-0.1, -0.05) is 0 Å². The van der Waals surface area contributed by atoms with Gasteiger partial charge in [-0.15, -0.1) is 0 Å². The lowest BCUT2D eigenvalue weighted by molar-refractivity contribution is -0.385. The Morgan fingerprint density at radius 3 is 2.31 bits per heavy atom. The fraction of sp³-hybridized carbons (Fsp3) is 0.176. The average molecular weight is 418 g/mol. The van der Waals surface area contributed by atoms with Crippen LogP contribution < -0.4 is 5.32 Å². The van der Waals surface area contributed by atoms with Crippen LogP contribution in [0.2, 0.25) is 0 Å². The van der Waals surface area contributed by atoms with Crippen molar-refractivity contribution in [3.8, 4) is 0 Å². The third-order valence-electron chi connectivity index (χ3n) is 3.59. The normalized spacial score (nSPS) is 12.2. The fourth-order valence-electron chi connectivity index (χ4n) is 2.13. The summed E-state index contributed by atoms with van der Waals surface area (Å²) in [4.78, 5) is 33.6. The van der Waals surface area contributed by atoms with Crippen molar-refractivity contribution in [3.05, 3.63) is 69.3 Å². The van der Waals surface area contributed by atoms with E-state index in [1.54, 1.807) is 0 Å². The molecule has 0 aliphatic carbocycles. The maximum atomic E-state index is 13.2. The van der Waals surface area contributed by atoms with E-state index in [0.29, 0.717) is 18.2 Å². The molecule has 2 rings (SSSR count). The predicted molar refractivity (Wildman–Crippen MR) is 88.0 cm³/mol. The van der Waals surface area contributed by atoms with E-state index >= 15 is 0 Å². The Morgan fingerprint density at radius 2 is 1.76 bits per heavy atom. The number of ether oxygens (including phenoxy) is 1. The summed E-state index contributed by atoms with van der Waals surface area (Å²) in [5, 5.41) is 12.5. The summed E-state index contributed by atoms with van der Waals surface area (Å²) in [6, 6.07) is 3.76. The number of nitrogens with zero attached hydrogens (tertiary/aromatic N) is 1. The number of carbonyl (C=O) groups excluding carboxylic acids is 2. The van der Waals surface area contributed by atoms with Gasteiger partial charge in [0.15, 0.2) is 17.7 Å². The lowest BCUT2D eigenvalue weighted by Gasteiger charge is -2.17. The van der Waals surface area contributed by atoms with E-state index in [-0.39, 0.29) is 6.07 Å². The first-order valence-electron chi connectivity index (χ1n) is 7.72. The number of amides is 1. The molecule has 7 nitrogen and oxygen atoms in total. The van der Waals surface area contributed by atoms with Gasteiger partial charge in [0.2, 0.25) is 0 Å². The number of hydrogen-bond donors (Lipinski definition) is 1. The van der Waals surface area contributed by atoms with Gasteiger partial charge in [0.25, 0.3) is 11.6 Å². The number of benzene rings is 2. The van der Waals surface area contributed by atoms with E-state index in [0.717, 1.165) is 19.1 Å². The molecule has 0 saturated heterocycles. The van der Waals surface area contributed by atoms with Crippen LogP contribution in [-0.4, -0.2) is 22.9 Å². The van der Waals surface area contributed by atoms with Crippen molar-refractivity contribution in [1.82, 2.24) is 0 Å². The zero-order chi connectivity index (χ0) is 21.9. The molecule has 0 bridgehead atoms. The number of alkyl halides is 3. The Labute approximate surface area is 159 Å². The third kappa shape index (κ3) is 5.24. The summed E-state index contributed by atoms with van der Waals surface area (Å²) < 4.78 is 70.1. The van der Waals surface area contributed by atoms with Crippen LogP contribution in [0.3, 0.4) is 0 Å². The molecule has 1 unspecified atom stereocenters. The second-order valence-electron chi connectivity index (χ2n) is 5.65. The molecule has 1 atom stereocenters. The van der Waals surface area contributed by atoms with E-state index in [9.17, 15) is 41.7 Å². The minimum atomic E-state index is -5.01. The minimum absolute atomic E-state index is 0.244. The second kappa shape index (κ2) is 8.20. The van der Waals surface area contributed by atoms with Gasteiger partial charge >= 0.3 is 12.1 Å². The molecule has 154 valence electrons. The van der Waals surface area contributed by atoms with Crippen LogP contribution in [0.5, 0.6) is 0 Å². The SMILES string of the molecule is CC(OC(=O)c1ccc(F)c(F)c1)C(=O)Nc1ccc([N+](=O)[O-])cc1C(F)(F)F. The monoisotopic (exact) mass is 418 g/mol. The standard InChI is InChI=1S/C17H11F5N2O5/c1-8(29-16(26)9-2-4-12(18)13(19)6-9)15(25)23-14-5-3-10(24(27)28)7-11(14)17(20,21)22/h2-8H,1H3,(H,23,25). The van der Waals surface area contributed by atoms with Crippen molar-refractivity contribution >= 4 is 23.3 Å². The molecule has 0 radical (unpaired) electrons. The number of esters is 1. The largest absolute Gasteiger partial charge is 0.449 e. The lowest BCUT2D eigenvalue weighted by Crippen LogP contribution is -2.30. The third-order valence-corrected chi connectivity index (χ3v) is 3.59. The number of halogens is 5. The molecule has 2 aromatic carbocycles. The molecule has 0 aliphatic rings. The number of nitro groups is 1. The summed E-state index contributed by atoms with van der Waals surface area (Å²) in [6.07, 6.45) is -6.63. The molecule has 0 saturated carbocycles. The van der Waals surface area contributed by atoms with E-state index in [2.05, 4.69) is 0 Å².